The minimum Gasteiger partial charge on any atom is -0.504 e. The molecule has 8 heteroatoms. The third-order valence-electron chi connectivity index (χ3n) is 4.29. The normalized spacial score (nSPS) is 10.4. The van der Waals surface area contributed by atoms with Crippen molar-refractivity contribution in [3.63, 3.8) is 0 Å². The van der Waals surface area contributed by atoms with Crippen molar-refractivity contribution in [3.8, 4) is 23.0 Å². The van der Waals surface area contributed by atoms with Gasteiger partial charge in [0.05, 0.1) is 0 Å². The van der Waals surface area contributed by atoms with Crippen molar-refractivity contribution in [1.29, 1.82) is 0 Å². The Labute approximate surface area is 162 Å². The van der Waals surface area contributed by atoms with Crippen LogP contribution >= 0.6 is 0 Å². The highest BCUT2D eigenvalue weighted by Crippen LogP contribution is 2.35. The SMILES string of the molecule is Cc1ccc(C)c(OCC(=O)NCCNC(=O)c2cc(O)c(O)c(O)c2)c1C. The molecular formula is C20H24N2O6. The van der Waals surface area contributed by atoms with Crippen LogP contribution in [0.15, 0.2) is 24.3 Å². The van der Waals surface area contributed by atoms with Gasteiger partial charge in [-0.05, 0) is 49.6 Å². The van der Waals surface area contributed by atoms with Gasteiger partial charge in [0.2, 0.25) is 0 Å². The van der Waals surface area contributed by atoms with E-state index in [1.165, 1.54) is 0 Å². The summed E-state index contributed by atoms with van der Waals surface area (Å²) in [7, 11) is 0. The molecule has 28 heavy (non-hydrogen) atoms. The van der Waals surface area contributed by atoms with Gasteiger partial charge >= 0.3 is 0 Å². The van der Waals surface area contributed by atoms with Crippen molar-refractivity contribution < 1.29 is 29.6 Å². The fourth-order valence-electron chi connectivity index (χ4n) is 2.55. The van der Waals surface area contributed by atoms with Crippen molar-refractivity contribution in [2.24, 2.45) is 0 Å². The fourth-order valence-corrected chi connectivity index (χ4v) is 2.55. The molecule has 2 rings (SSSR count). The molecule has 0 aromatic heterocycles. The Morgan fingerprint density at radius 3 is 2.14 bits per heavy atom. The van der Waals surface area contributed by atoms with E-state index in [2.05, 4.69) is 10.6 Å². The van der Waals surface area contributed by atoms with Crippen molar-refractivity contribution in [3.05, 3.63) is 46.5 Å². The van der Waals surface area contributed by atoms with Crippen LogP contribution in [-0.4, -0.2) is 46.8 Å². The summed E-state index contributed by atoms with van der Waals surface area (Å²) >= 11 is 0. The van der Waals surface area contributed by atoms with Gasteiger partial charge in [-0.1, -0.05) is 12.1 Å². The molecule has 0 spiro atoms. The smallest absolute Gasteiger partial charge is 0.258 e. The topological polar surface area (TPSA) is 128 Å². The van der Waals surface area contributed by atoms with Gasteiger partial charge < -0.3 is 30.7 Å². The lowest BCUT2D eigenvalue weighted by molar-refractivity contribution is -0.123. The van der Waals surface area contributed by atoms with Gasteiger partial charge in [-0.25, -0.2) is 0 Å². The molecule has 0 fully saturated rings. The van der Waals surface area contributed by atoms with Gasteiger partial charge in [-0.3, -0.25) is 9.59 Å². The summed E-state index contributed by atoms with van der Waals surface area (Å²) in [5, 5.41) is 33.3. The molecule has 0 unspecified atom stereocenters. The minimum absolute atomic E-state index is 0.0205. The molecule has 2 amide bonds. The number of aromatic hydroxyl groups is 3. The van der Waals surface area contributed by atoms with E-state index in [9.17, 15) is 24.9 Å². The molecule has 8 nitrogen and oxygen atoms in total. The minimum atomic E-state index is -0.692. The van der Waals surface area contributed by atoms with Crippen LogP contribution in [0.4, 0.5) is 0 Å². The molecule has 150 valence electrons. The molecule has 2 aromatic carbocycles. The first-order valence-electron chi connectivity index (χ1n) is 8.70. The predicted molar refractivity (Wildman–Crippen MR) is 103 cm³/mol. The Morgan fingerprint density at radius 2 is 1.50 bits per heavy atom. The number of phenols is 3. The maximum atomic E-state index is 12.0. The van der Waals surface area contributed by atoms with Crippen LogP contribution in [0.5, 0.6) is 23.0 Å². The number of phenolic OH excluding ortho intramolecular Hbond substituents is 3. The second kappa shape index (κ2) is 8.98. The fraction of sp³-hybridized carbons (Fsp3) is 0.300. The van der Waals surface area contributed by atoms with E-state index in [0.717, 1.165) is 28.8 Å². The molecule has 0 aliphatic carbocycles. The van der Waals surface area contributed by atoms with Crippen LogP contribution < -0.4 is 15.4 Å². The average molecular weight is 388 g/mol. The molecule has 5 N–H and O–H groups in total. The van der Waals surface area contributed by atoms with Crippen LogP contribution in [0.3, 0.4) is 0 Å². The van der Waals surface area contributed by atoms with Crippen molar-refractivity contribution in [1.82, 2.24) is 10.6 Å². The highest BCUT2D eigenvalue weighted by molar-refractivity contribution is 5.95. The molecule has 0 atom stereocenters. The molecule has 0 aliphatic rings. The lowest BCUT2D eigenvalue weighted by Gasteiger charge is -2.14. The van der Waals surface area contributed by atoms with Gasteiger partial charge in [-0.2, -0.15) is 0 Å². The first-order valence-corrected chi connectivity index (χ1v) is 8.70. The van der Waals surface area contributed by atoms with Crippen molar-refractivity contribution >= 4 is 11.8 Å². The van der Waals surface area contributed by atoms with E-state index in [1.807, 2.05) is 32.9 Å². The van der Waals surface area contributed by atoms with E-state index < -0.39 is 23.2 Å². The van der Waals surface area contributed by atoms with Crippen LogP contribution in [0, 0.1) is 20.8 Å². The monoisotopic (exact) mass is 388 g/mol. The van der Waals surface area contributed by atoms with E-state index in [-0.39, 0.29) is 31.2 Å². The molecule has 0 heterocycles. The number of amides is 2. The summed E-state index contributed by atoms with van der Waals surface area (Å²) < 4.78 is 5.62. The molecule has 0 saturated carbocycles. The molecule has 2 aromatic rings. The van der Waals surface area contributed by atoms with E-state index in [1.54, 1.807) is 0 Å². The average Bonchev–Trinajstić information content (AvgIpc) is 2.65. The maximum Gasteiger partial charge on any atom is 0.258 e. The second-order valence-electron chi connectivity index (χ2n) is 6.41. The first kappa shape index (κ1) is 20.9. The number of aryl methyl sites for hydroxylation is 2. The first-order chi connectivity index (χ1) is 13.2. The van der Waals surface area contributed by atoms with Gasteiger partial charge in [0.1, 0.15) is 5.75 Å². The van der Waals surface area contributed by atoms with Crippen molar-refractivity contribution in [2.75, 3.05) is 19.7 Å². The predicted octanol–water partition coefficient (Wildman–Crippen LogP) is 1.65. The van der Waals surface area contributed by atoms with Gasteiger partial charge in [0, 0.05) is 18.7 Å². The highest BCUT2D eigenvalue weighted by atomic mass is 16.5. The third kappa shape index (κ3) is 5.06. The Hall–Kier alpha value is -3.42. The third-order valence-corrected chi connectivity index (χ3v) is 4.29. The van der Waals surface area contributed by atoms with Gasteiger partial charge in [0.15, 0.2) is 23.9 Å². The highest BCUT2D eigenvalue weighted by Gasteiger charge is 2.13. The number of nitrogens with one attached hydrogen (secondary N) is 2. The molecular weight excluding hydrogens is 364 g/mol. The van der Waals surface area contributed by atoms with Crippen LogP contribution in [0.25, 0.3) is 0 Å². The van der Waals surface area contributed by atoms with E-state index in [4.69, 9.17) is 4.74 Å². The zero-order chi connectivity index (χ0) is 20.8. The van der Waals surface area contributed by atoms with E-state index >= 15 is 0 Å². The zero-order valence-corrected chi connectivity index (χ0v) is 16.0. The van der Waals surface area contributed by atoms with Crippen molar-refractivity contribution in [2.45, 2.75) is 20.8 Å². The summed E-state index contributed by atoms with van der Waals surface area (Å²) in [5.41, 5.74) is 2.99. The quantitative estimate of drug-likeness (QED) is 0.362. The summed E-state index contributed by atoms with van der Waals surface area (Å²) in [6.45, 7) is 5.99. The zero-order valence-electron chi connectivity index (χ0n) is 16.0. The summed E-state index contributed by atoms with van der Waals surface area (Å²) in [5.74, 6) is -2.09. The largest absolute Gasteiger partial charge is 0.504 e. The van der Waals surface area contributed by atoms with Crippen LogP contribution in [0.1, 0.15) is 27.0 Å². The van der Waals surface area contributed by atoms with Gasteiger partial charge in [0.25, 0.3) is 11.8 Å². The second-order valence-corrected chi connectivity index (χ2v) is 6.41. The Kier molecular flexibility index (Phi) is 6.70. The molecule has 0 bridgehead atoms. The van der Waals surface area contributed by atoms with Gasteiger partial charge in [-0.15, -0.1) is 0 Å². The molecule has 0 aliphatic heterocycles. The number of ether oxygens (including phenoxy) is 1. The summed E-state index contributed by atoms with van der Waals surface area (Å²) in [4.78, 5) is 23.9. The van der Waals surface area contributed by atoms with E-state index in [0.29, 0.717) is 5.75 Å². The Bertz CT molecular complexity index is 872. The number of carbonyl (C=O) groups is 2. The number of benzene rings is 2. The number of hydrogen-bond acceptors (Lipinski definition) is 6. The summed E-state index contributed by atoms with van der Waals surface area (Å²) in [6, 6.07) is 5.99. The molecule has 0 radical (unpaired) electrons. The summed E-state index contributed by atoms with van der Waals surface area (Å²) in [6.07, 6.45) is 0. The Balaban J connectivity index is 1.77. The number of carbonyl (C=O) groups excluding carboxylic acids is 2. The van der Waals surface area contributed by atoms with Crippen LogP contribution in [0.2, 0.25) is 0 Å². The van der Waals surface area contributed by atoms with Crippen LogP contribution in [-0.2, 0) is 4.79 Å². The lowest BCUT2D eigenvalue weighted by atomic mass is 10.1. The standard InChI is InChI=1S/C20H24N2O6/c1-11-4-5-12(2)19(13(11)3)28-10-17(25)21-6-7-22-20(27)14-8-15(23)18(26)16(24)9-14/h4-5,8-9,23-24,26H,6-7,10H2,1-3H3,(H,21,25)(H,22,27). The molecule has 0 saturated heterocycles. The number of rotatable bonds is 7. The lowest BCUT2D eigenvalue weighted by Crippen LogP contribution is -2.36. The Morgan fingerprint density at radius 1 is 0.929 bits per heavy atom. The number of hydrogen-bond donors (Lipinski definition) is 5. The maximum absolute atomic E-state index is 12.0.